The van der Waals surface area contributed by atoms with E-state index in [0.29, 0.717) is 23.4 Å². The third-order valence-corrected chi connectivity index (χ3v) is 6.30. The van der Waals surface area contributed by atoms with Crippen LogP contribution in [0.2, 0.25) is 0 Å². The Morgan fingerprint density at radius 1 is 0.912 bits per heavy atom. The van der Waals surface area contributed by atoms with Crippen molar-refractivity contribution in [3.8, 4) is 0 Å². The van der Waals surface area contributed by atoms with Crippen LogP contribution in [0.4, 0.5) is 11.4 Å². The summed E-state index contributed by atoms with van der Waals surface area (Å²) in [7, 11) is 0. The second kappa shape index (κ2) is 11.3. The van der Waals surface area contributed by atoms with Gasteiger partial charge in [0.25, 0.3) is 5.91 Å². The molecule has 3 aromatic carbocycles. The van der Waals surface area contributed by atoms with Crippen LogP contribution in [-0.2, 0) is 11.3 Å². The molecule has 4 rings (SSSR count). The minimum absolute atomic E-state index is 0.230. The maximum absolute atomic E-state index is 13.0. The molecule has 1 aliphatic rings. The molecule has 1 heterocycles. The van der Waals surface area contributed by atoms with Crippen molar-refractivity contribution in [3.63, 3.8) is 0 Å². The molecule has 3 aromatic rings. The van der Waals surface area contributed by atoms with Crippen LogP contribution in [0, 0.1) is 0 Å². The second-order valence-electron chi connectivity index (χ2n) is 8.17. The second-order valence-corrected chi connectivity index (χ2v) is 9.08. The first-order valence-electron chi connectivity index (χ1n) is 11.4. The summed E-state index contributed by atoms with van der Waals surface area (Å²) in [5.41, 5.74) is 3.76. The highest BCUT2D eigenvalue weighted by molar-refractivity contribution is 9.10. The molecule has 0 bridgehead atoms. The molecule has 1 N–H and O–H groups in total. The van der Waals surface area contributed by atoms with Crippen LogP contribution in [0.1, 0.15) is 33.2 Å². The Morgan fingerprint density at radius 3 is 2.38 bits per heavy atom. The van der Waals surface area contributed by atoms with E-state index in [9.17, 15) is 9.59 Å². The molecule has 0 spiro atoms. The van der Waals surface area contributed by atoms with Crippen molar-refractivity contribution in [3.05, 3.63) is 94.0 Å². The van der Waals surface area contributed by atoms with E-state index in [1.54, 1.807) is 31.2 Å². The third kappa shape index (κ3) is 6.04. The minimum Gasteiger partial charge on any atom is -0.462 e. The maximum Gasteiger partial charge on any atom is 0.338 e. The summed E-state index contributed by atoms with van der Waals surface area (Å²) in [6.07, 6.45) is 0. The Labute approximate surface area is 208 Å². The lowest BCUT2D eigenvalue weighted by atomic mass is 10.1. The van der Waals surface area contributed by atoms with Crippen LogP contribution in [0.15, 0.2) is 77.3 Å². The van der Waals surface area contributed by atoms with Gasteiger partial charge in [0.1, 0.15) is 0 Å². The predicted octanol–water partition coefficient (Wildman–Crippen LogP) is 5.20. The van der Waals surface area contributed by atoms with Crippen LogP contribution in [0.25, 0.3) is 0 Å². The highest BCUT2D eigenvalue weighted by Crippen LogP contribution is 2.30. The number of amides is 1. The Balaban J connectivity index is 1.52. The van der Waals surface area contributed by atoms with E-state index in [2.05, 4.69) is 55.3 Å². The molecule has 0 aliphatic carbocycles. The van der Waals surface area contributed by atoms with Crippen molar-refractivity contribution in [2.45, 2.75) is 13.5 Å². The van der Waals surface area contributed by atoms with Gasteiger partial charge in [0.2, 0.25) is 0 Å². The van der Waals surface area contributed by atoms with Crippen molar-refractivity contribution in [1.29, 1.82) is 0 Å². The molecule has 0 radical (unpaired) electrons. The molecule has 1 saturated heterocycles. The number of hydrogen-bond donors (Lipinski definition) is 1. The van der Waals surface area contributed by atoms with Crippen LogP contribution in [0.3, 0.4) is 0 Å². The number of hydrogen-bond acceptors (Lipinski definition) is 5. The summed E-state index contributed by atoms with van der Waals surface area (Å²) in [5, 5.41) is 3.02. The zero-order valence-electron chi connectivity index (χ0n) is 19.2. The highest BCUT2D eigenvalue weighted by Gasteiger charge is 2.22. The number of rotatable bonds is 7. The van der Waals surface area contributed by atoms with Gasteiger partial charge < -0.3 is 15.0 Å². The molecular weight excluding hydrogens is 494 g/mol. The number of carbonyl (C=O) groups excluding carboxylic acids is 2. The molecule has 0 unspecified atom stereocenters. The molecule has 0 atom stereocenters. The number of anilines is 2. The summed E-state index contributed by atoms with van der Waals surface area (Å²) in [6.45, 7) is 6.46. The standard InChI is InChI=1S/C27H28BrN3O3/c1-2-34-27(33)22-11-12-25(24(18-22)29-26(32)21-9-6-10-23(28)17-21)31-15-13-30(14-16-31)19-20-7-4-3-5-8-20/h3-12,17-18H,2,13-16,19H2,1H3,(H,29,32). The first-order chi connectivity index (χ1) is 16.5. The van der Waals surface area contributed by atoms with Gasteiger partial charge in [-0.2, -0.15) is 0 Å². The summed E-state index contributed by atoms with van der Waals surface area (Å²) in [5.74, 6) is -0.633. The fourth-order valence-corrected chi connectivity index (χ4v) is 4.47. The van der Waals surface area contributed by atoms with E-state index in [-0.39, 0.29) is 5.91 Å². The van der Waals surface area contributed by atoms with Crippen molar-refractivity contribution in [2.24, 2.45) is 0 Å². The number of benzene rings is 3. The van der Waals surface area contributed by atoms with E-state index in [1.807, 2.05) is 24.3 Å². The van der Waals surface area contributed by atoms with Crippen LogP contribution in [0.5, 0.6) is 0 Å². The lowest BCUT2D eigenvalue weighted by Gasteiger charge is -2.37. The van der Waals surface area contributed by atoms with Crippen LogP contribution < -0.4 is 10.2 Å². The van der Waals surface area contributed by atoms with E-state index in [0.717, 1.165) is 42.9 Å². The highest BCUT2D eigenvalue weighted by atomic mass is 79.9. The van der Waals surface area contributed by atoms with Gasteiger partial charge in [-0.15, -0.1) is 0 Å². The monoisotopic (exact) mass is 521 g/mol. The number of esters is 1. The number of carbonyl (C=O) groups is 2. The number of piperazine rings is 1. The Bertz CT molecular complexity index is 1140. The molecule has 1 aliphatic heterocycles. The molecule has 0 aromatic heterocycles. The van der Waals surface area contributed by atoms with Gasteiger partial charge in [0, 0.05) is 42.8 Å². The van der Waals surface area contributed by atoms with Gasteiger partial charge in [-0.05, 0) is 48.9 Å². The first kappa shape index (κ1) is 24.0. The summed E-state index contributed by atoms with van der Waals surface area (Å²) in [4.78, 5) is 30.0. The number of ether oxygens (including phenoxy) is 1. The van der Waals surface area contributed by atoms with E-state index in [1.165, 1.54) is 5.56 Å². The largest absolute Gasteiger partial charge is 0.462 e. The molecular formula is C27H28BrN3O3. The molecule has 0 saturated carbocycles. The van der Waals surface area contributed by atoms with E-state index in [4.69, 9.17) is 4.74 Å². The van der Waals surface area contributed by atoms with Crippen LogP contribution in [-0.4, -0.2) is 49.6 Å². The van der Waals surface area contributed by atoms with Gasteiger partial charge >= 0.3 is 5.97 Å². The van der Waals surface area contributed by atoms with Gasteiger partial charge in [-0.25, -0.2) is 4.79 Å². The predicted molar refractivity (Wildman–Crippen MR) is 138 cm³/mol. The fourth-order valence-electron chi connectivity index (χ4n) is 4.07. The quantitative estimate of drug-likeness (QED) is 0.433. The maximum atomic E-state index is 13.0. The number of halogens is 1. The molecule has 7 heteroatoms. The SMILES string of the molecule is CCOC(=O)c1ccc(N2CCN(Cc3ccccc3)CC2)c(NC(=O)c2cccc(Br)c2)c1. The average Bonchev–Trinajstić information content (AvgIpc) is 2.85. The topological polar surface area (TPSA) is 61.9 Å². The summed E-state index contributed by atoms with van der Waals surface area (Å²) < 4.78 is 6.00. The molecule has 176 valence electrons. The van der Waals surface area contributed by atoms with Crippen molar-refractivity contribution < 1.29 is 14.3 Å². The molecule has 1 amide bonds. The van der Waals surface area contributed by atoms with Crippen molar-refractivity contribution in [1.82, 2.24) is 4.90 Å². The summed E-state index contributed by atoms with van der Waals surface area (Å²) >= 11 is 3.42. The lowest BCUT2D eigenvalue weighted by molar-refractivity contribution is 0.0526. The van der Waals surface area contributed by atoms with Crippen LogP contribution >= 0.6 is 15.9 Å². The first-order valence-corrected chi connectivity index (χ1v) is 12.2. The molecule has 6 nitrogen and oxygen atoms in total. The summed E-state index contributed by atoms with van der Waals surface area (Å²) in [6, 6.07) is 23.1. The Morgan fingerprint density at radius 2 is 1.68 bits per heavy atom. The lowest BCUT2D eigenvalue weighted by Crippen LogP contribution is -2.46. The number of nitrogens with one attached hydrogen (secondary N) is 1. The molecule has 1 fully saturated rings. The normalized spacial score (nSPS) is 14.0. The van der Waals surface area contributed by atoms with Gasteiger partial charge in [0.15, 0.2) is 0 Å². The van der Waals surface area contributed by atoms with E-state index < -0.39 is 5.97 Å². The smallest absolute Gasteiger partial charge is 0.338 e. The Hall–Kier alpha value is -3.16. The van der Waals surface area contributed by atoms with Crippen molar-refractivity contribution in [2.75, 3.05) is 43.0 Å². The van der Waals surface area contributed by atoms with Crippen molar-refractivity contribution >= 4 is 39.2 Å². The number of nitrogens with zero attached hydrogens (tertiary/aromatic N) is 2. The zero-order valence-corrected chi connectivity index (χ0v) is 20.8. The Kier molecular flexibility index (Phi) is 7.98. The molecule has 34 heavy (non-hydrogen) atoms. The van der Waals surface area contributed by atoms with E-state index >= 15 is 0 Å². The van der Waals surface area contributed by atoms with Gasteiger partial charge in [0.05, 0.1) is 23.5 Å². The van der Waals surface area contributed by atoms with Gasteiger partial charge in [-0.1, -0.05) is 52.3 Å². The fraction of sp³-hybridized carbons (Fsp3) is 0.259. The third-order valence-electron chi connectivity index (χ3n) is 5.80. The average molecular weight is 522 g/mol. The van der Waals surface area contributed by atoms with Gasteiger partial charge in [-0.3, -0.25) is 9.69 Å². The zero-order chi connectivity index (χ0) is 23.9. The minimum atomic E-state index is -0.403.